The van der Waals surface area contributed by atoms with Gasteiger partial charge < -0.3 is 10.4 Å². The summed E-state index contributed by atoms with van der Waals surface area (Å²) >= 11 is 0. The van der Waals surface area contributed by atoms with Crippen LogP contribution in [0.4, 0.5) is 0 Å². The number of hydrogen-bond donors (Lipinski definition) is 2. The zero-order valence-electron chi connectivity index (χ0n) is 9.21. The van der Waals surface area contributed by atoms with Gasteiger partial charge in [-0.05, 0) is 50.5 Å². The molecule has 0 saturated heterocycles. The molecule has 0 spiro atoms. The summed E-state index contributed by atoms with van der Waals surface area (Å²) in [4.78, 5) is 0. The van der Waals surface area contributed by atoms with E-state index in [0.717, 1.165) is 37.3 Å². The maximum absolute atomic E-state index is 9.42. The van der Waals surface area contributed by atoms with Crippen molar-refractivity contribution in [3.05, 3.63) is 0 Å². The molecule has 82 valence electrons. The van der Waals surface area contributed by atoms with Crippen molar-refractivity contribution in [2.75, 3.05) is 6.54 Å². The fourth-order valence-corrected chi connectivity index (χ4v) is 3.13. The normalized spacial score (nSPS) is 37.7. The molecule has 14 heavy (non-hydrogen) atoms. The molecule has 2 fully saturated rings. The predicted octanol–water partition coefficient (Wildman–Crippen LogP) is 1.93. The first-order valence-electron chi connectivity index (χ1n) is 6.21. The minimum Gasteiger partial charge on any atom is -0.393 e. The van der Waals surface area contributed by atoms with Crippen molar-refractivity contribution in [2.45, 2.75) is 57.6 Å². The fourth-order valence-electron chi connectivity index (χ4n) is 3.13. The summed E-state index contributed by atoms with van der Waals surface area (Å²) in [6.45, 7) is 3.05. The third-order valence-corrected chi connectivity index (χ3v) is 4.09. The Bertz CT molecular complexity index is 183. The first kappa shape index (κ1) is 10.4. The van der Waals surface area contributed by atoms with Crippen molar-refractivity contribution in [2.24, 2.45) is 11.8 Å². The third-order valence-electron chi connectivity index (χ3n) is 4.09. The Morgan fingerprint density at radius 1 is 1.36 bits per heavy atom. The van der Waals surface area contributed by atoms with Gasteiger partial charge in [-0.15, -0.1) is 0 Å². The first-order valence-corrected chi connectivity index (χ1v) is 6.21. The van der Waals surface area contributed by atoms with Crippen LogP contribution in [0.1, 0.15) is 45.4 Å². The molecule has 4 unspecified atom stereocenters. The van der Waals surface area contributed by atoms with E-state index in [0.29, 0.717) is 0 Å². The van der Waals surface area contributed by atoms with Gasteiger partial charge in [0.05, 0.1) is 6.10 Å². The van der Waals surface area contributed by atoms with E-state index < -0.39 is 0 Å². The molecule has 0 radical (unpaired) electrons. The molecule has 2 heteroatoms. The molecule has 2 nitrogen and oxygen atoms in total. The van der Waals surface area contributed by atoms with Crippen LogP contribution in [0.3, 0.4) is 0 Å². The molecule has 2 aliphatic carbocycles. The Morgan fingerprint density at radius 3 is 2.79 bits per heavy atom. The second-order valence-corrected chi connectivity index (χ2v) is 5.09. The summed E-state index contributed by atoms with van der Waals surface area (Å²) in [5.74, 6) is 1.98. The van der Waals surface area contributed by atoms with E-state index in [2.05, 4.69) is 5.32 Å². The van der Waals surface area contributed by atoms with E-state index in [1.165, 1.54) is 25.7 Å². The maximum Gasteiger partial charge on any atom is 0.0549 e. The van der Waals surface area contributed by atoms with Crippen molar-refractivity contribution in [1.29, 1.82) is 0 Å². The zero-order valence-corrected chi connectivity index (χ0v) is 9.21. The van der Waals surface area contributed by atoms with Crippen molar-refractivity contribution < 1.29 is 5.11 Å². The SMILES string of the molecule is CCC(O)CCNC1CC2CCC1C2. The lowest BCUT2D eigenvalue weighted by Crippen LogP contribution is -2.35. The molecule has 0 aromatic heterocycles. The van der Waals surface area contributed by atoms with E-state index in [1.807, 2.05) is 6.92 Å². The number of rotatable bonds is 5. The third kappa shape index (κ3) is 2.29. The van der Waals surface area contributed by atoms with Gasteiger partial charge in [-0.2, -0.15) is 0 Å². The van der Waals surface area contributed by atoms with Gasteiger partial charge in [-0.1, -0.05) is 13.3 Å². The Hall–Kier alpha value is -0.0800. The number of aliphatic hydroxyl groups excluding tert-OH is 1. The summed E-state index contributed by atoms with van der Waals surface area (Å²) in [5.41, 5.74) is 0. The van der Waals surface area contributed by atoms with Crippen LogP contribution in [-0.2, 0) is 0 Å². The largest absolute Gasteiger partial charge is 0.393 e. The maximum atomic E-state index is 9.42. The Labute approximate surface area is 87.1 Å². The summed E-state index contributed by atoms with van der Waals surface area (Å²) in [6.07, 6.45) is 7.49. The monoisotopic (exact) mass is 197 g/mol. The number of fused-ring (bicyclic) bond motifs is 2. The minimum absolute atomic E-state index is 0.0962. The standard InChI is InChI=1S/C12H23NO/c1-2-11(14)5-6-13-12-8-9-3-4-10(12)7-9/h9-14H,2-8H2,1H3. The Morgan fingerprint density at radius 2 is 2.21 bits per heavy atom. The highest BCUT2D eigenvalue weighted by Gasteiger charge is 2.38. The highest BCUT2D eigenvalue weighted by Crippen LogP contribution is 2.44. The van der Waals surface area contributed by atoms with E-state index in [1.54, 1.807) is 0 Å². The molecular weight excluding hydrogens is 174 g/mol. The van der Waals surface area contributed by atoms with Crippen molar-refractivity contribution in [3.63, 3.8) is 0 Å². The lowest BCUT2D eigenvalue weighted by atomic mass is 9.95. The van der Waals surface area contributed by atoms with Gasteiger partial charge in [0.15, 0.2) is 0 Å². The van der Waals surface area contributed by atoms with Crippen LogP contribution < -0.4 is 5.32 Å². The molecule has 4 atom stereocenters. The quantitative estimate of drug-likeness (QED) is 0.706. The van der Waals surface area contributed by atoms with Crippen LogP contribution in [0, 0.1) is 11.8 Å². The number of aliphatic hydroxyl groups is 1. The van der Waals surface area contributed by atoms with E-state index >= 15 is 0 Å². The van der Waals surface area contributed by atoms with Gasteiger partial charge in [-0.3, -0.25) is 0 Å². The molecule has 0 heterocycles. The molecule has 0 amide bonds. The molecule has 0 aromatic rings. The van der Waals surface area contributed by atoms with Gasteiger partial charge in [0.1, 0.15) is 0 Å². The minimum atomic E-state index is -0.0962. The Balaban J connectivity index is 1.62. The molecule has 2 rings (SSSR count). The average Bonchev–Trinajstić information content (AvgIpc) is 2.79. The Kier molecular flexibility index (Phi) is 3.45. The number of nitrogens with one attached hydrogen (secondary N) is 1. The van der Waals surface area contributed by atoms with E-state index in [9.17, 15) is 5.11 Å². The van der Waals surface area contributed by atoms with E-state index in [4.69, 9.17) is 0 Å². The zero-order chi connectivity index (χ0) is 9.97. The molecule has 0 aromatic carbocycles. The van der Waals surface area contributed by atoms with Crippen molar-refractivity contribution in [3.8, 4) is 0 Å². The highest BCUT2D eigenvalue weighted by molar-refractivity contribution is 4.93. The van der Waals surface area contributed by atoms with Gasteiger partial charge in [0, 0.05) is 6.04 Å². The first-order chi connectivity index (χ1) is 6.79. The fraction of sp³-hybridized carbons (Fsp3) is 1.00. The van der Waals surface area contributed by atoms with Crippen LogP contribution in [0.2, 0.25) is 0 Å². The second-order valence-electron chi connectivity index (χ2n) is 5.09. The highest BCUT2D eigenvalue weighted by atomic mass is 16.3. The summed E-state index contributed by atoms with van der Waals surface area (Å²) < 4.78 is 0. The van der Waals surface area contributed by atoms with Gasteiger partial charge in [0.2, 0.25) is 0 Å². The molecule has 0 aliphatic heterocycles. The van der Waals surface area contributed by atoms with Gasteiger partial charge in [0.25, 0.3) is 0 Å². The molecular formula is C12H23NO. The second kappa shape index (κ2) is 4.63. The van der Waals surface area contributed by atoms with Crippen LogP contribution in [0.25, 0.3) is 0 Å². The molecule has 2 N–H and O–H groups in total. The topological polar surface area (TPSA) is 32.3 Å². The summed E-state index contributed by atoms with van der Waals surface area (Å²) in [6, 6.07) is 0.776. The molecule has 2 bridgehead atoms. The predicted molar refractivity (Wildman–Crippen MR) is 58.2 cm³/mol. The van der Waals surface area contributed by atoms with Crippen molar-refractivity contribution >= 4 is 0 Å². The summed E-state index contributed by atoms with van der Waals surface area (Å²) in [7, 11) is 0. The lowest BCUT2D eigenvalue weighted by Gasteiger charge is -2.23. The van der Waals surface area contributed by atoms with Gasteiger partial charge >= 0.3 is 0 Å². The summed E-state index contributed by atoms with van der Waals surface area (Å²) in [5, 5.41) is 13.0. The van der Waals surface area contributed by atoms with Crippen LogP contribution in [-0.4, -0.2) is 23.8 Å². The van der Waals surface area contributed by atoms with Crippen LogP contribution >= 0.6 is 0 Å². The lowest BCUT2D eigenvalue weighted by molar-refractivity contribution is 0.157. The average molecular weight is 197 g/mol. The van der Waals surface area contributed by atoms with Gasteiger partial charge in [-0.25, -0.2) is 0 Å². The van der Waals surface area contributed by atoms with Crippen LogP contribution in [0.5, 0.6) is 0 Å². The number of hydrogen-bond acceptors (Lipinski definition) is 2. The molecule has 2 aliphatic rings. The smallest absolute Gasteiger partial charge is 0.0549 e. The van der Waals surface area contributed by atoms with Crippen molar-refractivity contribution in [1.82, 2.24) is 5.32 Å². The van der Waals surface area contributed by atoms with Crippen LogP contribution in [0.15, 0.2) is 0 Å². The van der Waals surface area contributed by atoms with E-state index in [-0.39, 0.29) is 6.10 Å². The molecule has 2 saturated carbocycles.